The summed E-state index contributed by atoms with van der Waals surface area (Å²) >= 11 is 0. The van der Waals surface area contributed by atoms with Crippen LogP contribution < -0.4 is 0 Å². The van der Waals surface area contributed by atoms with Crippen molar-refractivity contribution in [3.05, 3.63) is 77.9 Å². The molecule has 1 aromatic carbocycles. The highest BCUT2D eigenvalue weighted by atomic mass is 16.1. The Morgan fingerprint density at radius 2 is 1.89 bits per heavy atom. The van der Waals surface area contributed by atoms with E-state index in [-0.39, 0.29) is 5.78 Å². The van der Waals surface area contributed by atoms with E-state index in [4.69, 9.17) is 0 Å². The van der Waals surface area contributed by atoms with E-state index in [1.54, 1.807) is 13.0 Å². The van der Waals surface area contributed by atoms with Gasteiger partial charge in [-0.3, -0.25) is 4.79 Å². The Morgan fingerprint density at radius 1 is 1.22 bits per heavy atom. The Bertz CT molecular complexity index is 502. The minimum atomic E-state index is -0.0275. The Kier molecular flexibility index (Phi) is 5.59. The van der Waals surface area contributed by atoms with Crippen LogP contribution in [0.25, 0.3) is 6.08 Å². The summed E-state index contributed by atoms with van der Waals surface area (Å²) in [5.74, 6) is -0.0275. The number of allylic oxidation sites excluding steroid dienone is 6. The third-order valence-corrected chi connectivity index (χ3v) is 2.37. The van der Waals surface area contributed by atoms with Crippen molar-refractivity contribution < 1.29 is 4.79 Å². The van der Waals surface area contributed by atoms with Crippen LogP contribution in [0.3, 0.4) is 0 Å². The zero-order valence-electron chi connectivity index (χ0n) is 10.9. The summed E-state index contributed by atoms with van der Waals surface area (Å²) in [5.41, 5.74) is 2.26. The molecule has 0 saturated carbocycles. The van der Waals surface area contributed by atoms with Crippen LogP contribution >= 0.6 is 0 Å². The first-order chi connectivity index (χ1) is 8.65. The molecule has 0 aliphatic heterocycles. The van der Waals surface area contributed by atoms with Crippen LogP contribution in [0, 0.1) is 0 Å². The Labute approximate surface area is 109 Å². The van der Waals surface area contributed by atoms with Gasteiger partial charge in [-0.1, -0.05) is 67.3 Å². The number of carbonyl (C=O) groups is 1. The van der Waals surface area contributed by atoms with E-state index in [2.05, 4.69) is 6.58 Å². The number of benzene rings is 1. The lowest BCUT2D eigenvalue weighted by molar-refractivity contribution is -0.111. The van der Waals surface area contributed by atoms with Gasteiger partial charge in [-0.15, -0.1) is 0 Å². The topological polar surface area (TPSA) is 17.1 Å². The lowest BCUT2D eigenvalue weighted by Gasteiger charge is -2.00. The van der Waals surface area contributed by atoms with Gasteiger partial charge in [0.1, 0.15) is 0 Å². The molecular formula is C17H18O. The van der Waals surface area contributed by atoms with E-state index in [0.717, 1.165) is 5.56 Å². The number of Topliss-reactive ketones (excluding diaryl/α,β-unsaturated/α-hetero) is 1. The highest BCUT2D eigenvalue weighted by molar-refractivity contribution is 6.10. The van der Waals surface area contributed by atoms with E-state index in [0.29, 0.717) is 11.1 Å². The maximum absolute atomic E-state index is 11.9. The van der Waals surface area contributed by atoms with Gasteiger partial charge in [0.15, 0.2) is 5.78 Å². The maximum Gasteiger partial charge on any atom is 0.188 e. The fraction of sp³-hybridized carbons (Fsp3) is 0.118. The van der Waals surface area contributed by atoms with Crippen molar-refractivity contribution >= 4 is 11.9 Å². The van der Waals surface area contributed by atoms with Crippen LogP contribution in [0.1, 0.15) is 19.4 Å². The second-order valence-corrected chi connectivity index (χ2v) is 4.00. The van der Waals surface area contributed by atoms with Gasteiger partial charge in [0.2, 0.25) is 0 Å². The normalized spacial score (nSPS) is 12.2. The molecule has 0 amide bonds. The fourth-order valence-corrected chi connectivity index (χ4v) is 1.40. The van der Waals surface area contributed by atoms with Gasteiger partial charge in [0, 0.05) is 5.57 Å². The molecule has 0 bridgehead atoms. The van der Waals surface area contributed by atoms with Crippen LogP contribution in [-0.4, -0.2) is 5.78 Å². The van der Waals surface area contributed by atoms with E-state index in [1.165, 1.54) is 0 Å². The lowest BCUT2D eigenvalue weighted by Crippen LogP contribution is -2.00. The van der Waals surface area contributed by atoms with Crippen molar-refractivity contribution in [3.8, 4) is 0 Å². The molecule has 0 aliphatic carbocycles. The van der Waals surface area contributed by atoms with Crippen molar-refractivity contribution in [1.82, 2.24) is 0 Å². The first kappa shape index (κ1) is 13.9. The van der Waals surface area contributed by atoms with Crippen LogP contribution in [-0.2, 0) is 4.79 Å². The highest BCUT2D eigenvalue weighted by Crippen LogP contribution is 2.10. The highest BCUT2D eigenvalue weighted by Gasteiger charge is 2.05. The zero-order valence-corrected chi connectivity index (χ0v) is 10.9. The van der Waals surface area contributed by atoms with Crippen molar-refractivity contribution in [1.29, 1.82) is 0 Å². The summed E-state index contributed by atoms with van der Waals surface area (Å²) in [6.07, 6.45) is 9.30. The first-order valence-corrected chi connectivity index (χ1v) is 5.91. The van der Waals surface area contributed by atoms with Gasteiger partial charge < -0.3 is 0 Å². The molecule has 0 radical (unpaired) electrons. The number of hydrogen-bond donors (Lipinski definition) is 0. The van der Waals surface area contributed by atoms with Gasteiger partial charge in [-0.25, -0.2) is 0 Å². The maximum atomic E-state index is 11.9. The van der Waals surface area contributed by atoms with Gasteiger partial charge in [0.05, 0.1) is 0 Å². The van der Waals surface area contributed by atoms with Gasteiger partial charge in [0.25, 0.3) is 0 Å². The van der Waals surface area contributed by atoms with Crippen molar-refractivity contribution in [3.63, 3.8) is 0 Å². The number of ketones is 1. The smallest absolute Gasteiger partial charge is 0.188 e. The Balaban J connectivity index is 2.96. The molecule has 0 fully saturated rings. The van der Waals surface area contributed by atoms with Crippen LogP contribution in [0.2, 0.25) is 0 Å². The zero-order chi connectivity index (χ0) is 13.4. The second kappa shape index (κ2) is 7.23. The molecule has 0 atom stereocenters. The summed E-state index contributed by atoms with van der Waals surface area (Å²) in [4.78, 5) is 11.9. The molecule has 1 rings (SSSR count). The molecule has 0 heterocycles. The third-order valence-electron chi connectivity index (χ3n) is 2.37. The van der Waals surface area contributed by atoms with Crippen LogP contribution in [0.5, 0.6) is 0 Å². The van der Waals surface area contributed by atoms with Crippen LogP contribution in [0.4, 0.5) is 0 Å². The number of hydrogen-bond acceptors (Lipinski definition) is 1. The molecule has 0 aliphatic rings. The molecule has 18 heavy (non-hydrogen) atoms. The molecule has 92 valence electrons. The SMILES string of the molecule is C=C(C)C(=O)C(C=Cc1ccccc1)=CC=CC. The van der Waals surface area contributed by atoms with E-state index >= 15 is 0 Å². The Morgan fingerprint density at radius 3 is 2.44 bits per heavy atom. The quantitative estimate of drug-likeness (QED) is 0.550. The summed E-state index contributed by atoms with van der Waals surface area (Å²) < 4.78 is 0. The van der Waals surface area contributed by atoms with Crippen molar-refractivity contribution in [2.75, 3.05) is 0 Å². The Hall–Kier alpha value is -2.15. The van der Waals surface area contributed by atoms with E-state index < -0.39 is 0 Å². The number of rotatable bonds is 5. The largest absolute Gasteiger partial charge is 0.289 e. The summed E-state index contributed by atoms with van der Waals surface area (Å²) in [5, 5.41) is 0. The molecule has 0 aromatic heterocycles. The summed E-state index contributed by atoms with van der Waals surface area (Å²) in [6.45, 7) is 7.33. The lowest BCUT2D eigenvalue weighted by atomic mass is 10.0. The molecule has 0 unspecified atom stereocenters. The first-order valence-electron chi connectivity index (χ1n) is 5.91. The van der Waals surface area contributed by atoms with Crippen LogP contribution in [0.15, 0.2) is 72.4 Å². The molecule has 0 spiro atoms. The third kappa shape index (κ3) is 4.38. The molecule has 0 N–H and O–H groups in total. The molecular weight excluding hydrogens is 220 g/mol. The molecule has 0 saturated heterocycles. The van der Waals surface area contributed by atoms with E-state index in [1.807, 2.05) is 61.6 Å². The number of carbonyl (C=O) groups excluding carboxylic acids is 1. The molecule has 1 nitrogen and oxygen atoms in total. The predicted molar refractivity (Wildman–Crippen MR) is 78.2 cm³/mol. The average molecular weight is 238 g/mol. The molecule has 1 aromatic rings. The van der Waals surface area contributed by atoms with E-state index in [9.17, 15) is 4.79 Å². The fourth-order valence-electron chi connectivity index (χ4n) is 1.40. The second-order valence-electron chi connectivity index (χ2n) is 4.00. The van der Waals surface area contributed by atoms with Crippen molar-refractivity contribution in [2.45, 2.75) is 13.8 Å². The minimum Gasteiger partial charge on any atom is -0.289 e. The average Bonchev–Trinajstić information content (AvgIpc) is 2.39. The van der Waals surface area contributed by atoms with Gasteiger partial charge in [-0.2, -0.15) is 0 Å². The minimum absolute atomic E-state index is 0.0275. The van der Waals surface area contributed by atoms with Gasteiger partial charge >= 0.3 is 0 Å². The van der Waals surface area contributed by atoms with Crippen molar-refractivity contribution in [2.24, 2.45) is 0 Å². The summed E-state index contributed by atoms with van der Waals surface area (Å²) in [6, 6.07) is 9.89. The van der Waals surface area contributed by atoms with Gasteiger partial charge in [-0.05, 0) is 25.0 Å². The monoisotopic (exact) mass is 238 g/mol. The predicted octanol–water partition coefficient (Wildman–Crippen LogP) is 4.35. The molecule has 1 heteroatoms. The standard InChI is InChI=1S/C17H18O/c1-4-5-11-16(17(18)14(2)3)13-12-15-9-7-6-8-10-15/h4-13H,2H2,1,3H3. The summed E-state index contributed by atoms with van der Waals surface area (Å²) in [7, 11) is 0.